The average Bonchev–Trinajstić information content (AvgIpc) is 2.82. The van der Waals surface area contributed by atoms with Gasteiger partial charge in [-0.3, -0.25) is 13.9 Å². The van der Waals surface area contributed by atoms with E-state index in [1.54, 1.807) is 11.0 Å². The molecule has 7 nitrogen and oxygen atoms in total. The lowest BCUT2D eigenvalue weighted by atomic mass is 10.1. The van der Waals surface area contributed by atoms with E-state index in [4.69, 9.17) is 0 Å². The Labute approximate surface area is 210 Å². The molecule has 8 heteroatoms. The number of rotatable bonds is 14. The summed E-state index contributed by atoms with van der Waals surface area (Å²) in [6.45, 7) is 6.99. The molecule has 0 radical (unpaired) electrons. The molecule has 2 rings (SSSR count). The molecule has 0 bridgehead atoms. The first-order chi connectivity index (χ1) is 16.7. The van der Waals surface area contributed by atoms with Gasteiger partial charge in [0.25, 0.3) is 0 Å². The molecule has 0 aromatic heterocycles. The molecule has 2 aromatic carbocycles. The summed E-state index contributed by atoms with van der Waals surface area (Å²) in [5.74, 6) is -0.287. The molecule has 1 atom stereocenters. The number of nitrogens with zero attached hydrogens (tertiary/aromatic N) is 2. The number of anilines is 1. The van der Waals surface area contributed by atoms with Crippen molar-refractivity contribution in [1.82, 2.24) is 10.2 Å². The van der Waals surface area contributed by atoms with Gasteiger partial charge >= 0.3 is 0 Å². The van der Waals surface area contributed by atoms with Crippen LogP contribution in [0.25, 0.3) is 0 Å². The molecule has 0 heterocycles. The van der Waals surface area contributed by atoms with Crippen LogP contribution in [0.5, 0.6) is 0 Å². The van der Waals surface area contributed by atoms with E-state index in [-0.39, 0.29) is 24.8 Å². The van der Waals surface area contributed by atoms with Crippen molar-refractivity contribution >= 4 is 27.5 Å². The van der Waals surface area contributed by atoms with Gasteiger partial charge in [0.2, 0.25) is 21.8 Å². The number of nitrogens with one attached hydrogen (secondary N) is 1. The van der Waals surface area contributed by atoms with Gasteiger partial charge in [0, 0.05) is 26.1 Å². The molecule has 0 saturated carbocycles. The van der Waals surface area contributed by atoms with Crippen molar-refractivity contribution in [2.45, 2.75) is 58.9 Å². The van der Waals surface area contributed by atoms with Crippen LogP contribution in [0.15, 0.2) is 54.6 Å². The minimum absolute atomic E-state index is 0.142. The van der Waals surface area contributed by atoms with E-state index in [0.717, 1.165) is 17.5 Å². The highest BCUT2D eigenvalue weighted by Gasteiger charge is 2.28. The molecular weight excluding hydrogens is 462 g/mol. The summed E-state index contributed by atoms with van der Waals surface area (Å²) in [5, 5.41) is 2.92. The van der Waals surface area contributed by atoms with Crippen LogP contribution in [0.2, 0.25) is 0 Å². The lowest BCUT2D eigenvalue weighted by Gasteiger charge is -2.31. The lowest BCUT2D eigenvalue weighted by Crippen LogP contribution is -2.50. The Balaban J connectivity index is 2.14. The first-order valence-corrected chi connectivity index (χ1v) is 14.2. The number of carbonyl (C=O) groups excluding carboxylic acids is 2. The second-order valence-electron chi connectivity index (χ2n) is 8.82. The Kier molecular flexibility index (Phi) is 11.2. The van der Waals surface area contributed by atoms with E-state index in [2.05, 4.69) is 5.32 Å². The molecule has 0 aliphatic carbocycles. The lowest BCUT2D eigenvalue weighted by molar-refractivity contribution is -0.140. The number of carbonyl (C=O) groups is 2. The van der Waals surface area contributed by atoms with Crippen LogP contribution in [0, 0.1) is 6.92 Å². The van der Waals surface area contributed by atoms with Crippen molar-refractivity contribution in [3.63, 3.8) is 0 Å². The predicted molar refractivity (Wildman–Crippen MR) is 142 cm³/mol. The third kappa shape index (κ3) is 9.02. The fraction of sp³-hybridized carbons (Fsp3) is 0.481. The predicted octanol–water partition coefficient (Wildman–Crippen LogP) is 3.92. The fourth-order valence-electron chi connectivity index (χ4n) is 4.05. The van der Waals surface area contributed by atoms with E-state index in [9.17, 15) is 18.0 Å². The summed E-state index contributed by atoms with van der Waals surface area (Å²) < 4.78 is 26.2. The van der Waals surface area contributed by atoms with Gasteiger partial charge in [0.1, 0.15) is 6.04 Å². The van der Waals surface area contributed by atoms with Crippen molar-refractivity contribution in [3.05, 3.63) is 65.7 Å². The number of sulfonamides is 1. The number of amides is 2. The van der Waals surface area contributed by atoms with Crippen molar-refractivity contribution in [3.8, 4) is 0 Å². The third-order valence-electron chi connectivity index (χ3n) is 5.86. The van der Waals surface area contributed by atoms with Gasteiger partial charge in [-0.15, -0.1) is 0 Å². The Morgan fingerprint density at radius 2 is 1.71 bits per heavy atom. The second-order valence-corrected chi connectivity index (χ2v) is 10.7. The summed E-state index contributed by atoms with van der Waals surface area (Å²) in [6.07, 6.45) is 3.66. The number of hydrogen-bond donors (Lipinski definition) is 1. The molecule has 0 aliphatic rings. The molecule has 0 aliphatic heterocycles. The second kappa shape index (κ2) is 13.9. The smallest absolute Gasteiger partial charge is 0.242 e. The molecule has 0 fully saturated rings. The standard InChI is InChI=1S/C27H39N3O4S/c1-5-18-28-27(32)25(6-2)29(20-17-23-13-8-7-9-14-23)26(31)16-11-19-30(35(4,33)34)24-15-10-12-22(3)21-24/h7-10,12-15,21,25H,5-6,11,16-20H2,1-4H3,(H,28,32)/t25-/m0/s1. The van der Waals surface area contributed by atoms with E-state index in [1.807, 2.05) is 69.3 Å². The topological polar surface area (TPSA) is 86.8 Å². The summed E-state index contributed by atoms with van der Waals surface area (Å²) in [7, 11) is -3.50. The van der Waals surface area contributed by atoms with E-state index in [1.165, 1.54) is 10.6 Å². The largest absolute Gasteiger partial charge is 0.354 e. The Morgan fingerprint density at radius 3 is 2.31 bits per heavy atom. The fourth-order valence-corrected chi connectivity index (χ4v) is 5.01. The van der Waals surface area contributed by atoms with Crippen LogP contribution in [0.1, 0.15) is 50.7 Å². The molecule has 2 amide bonds. The number of aryl methyl sites for hydroxylation is 1. The first kappa shape index (κ1) is 28.4. The summed E-state index contributed by atoms with van der Waals surface area (Å²) >= 11 is 0. The zero-order chi connectivity index (χ0) is 25.8. The van der Waals surface area contributed by atoms with Crippen LogP contribution in [0.4, 0.5) is 5.69 Å². The van der Waals surface area contributed by atoms with Crippen molar-refractivity contribution in [1.29, 1.82) is 0 Å². The molecule has 192 valence electrons. The van der Waals surface area contributed by atoms with E-state index in [0.29, 0.717) is 38.0 Å². The quantitative estimate of drug-likeness (QED) is 0.425. The van der Waals surface area contributed by atoms with E-state index >= 15 is 0 Å². The highest BCUT2D eigenvalue weighted by atomic mass is 32.2. The Hall–Kier alpha value is -2.87. The van der Waals surface area contributed by atoms with Gasteiger partial charge in [0.05, 0.1) is 11.9 Å². The van der Waals surface area contributed by atoms with Gasteiger partial charge in [-0.1, -0.05) is 56.3 Å². The molecule has 1 N–H and O–H groups in total. The van der Waals surface area contributed by atoms with Crippen LogP contribution in [0.3, 0.4) is 0 Å². The summed E-state index contributed by atoms with van der Waals surface area (Å²) in [5.41, 5.74) is 2.64. The van der Waals surface area contributed by atoms with Gasteiger partial charge in [-0.05, 0) is 55.9 Å². The molecule has 35 heavy (non-hydrogen) atoms. The van der Waals surface area contributed by atoms with Gasteiger partial charge in [-0.25, -0.2) is 8.42 Å². The number of hydrogen-bond acceptors (Lipinski definition) is 4. The third-order valence-corrected chi connectivity index (χ3v) is 7.06. The minimum atomic E-state index is -3.50. The van der Waals surface area contributed by atoms with Crippen molar-refractivity contribution in [2.75, 3.05) is 30.2 Å². The molecular formula is C27H39N3O4S. The highest BCUT2D eigenvalue weighted by Crippen LogP contribution is 2.20. The maximum atomic E-state index is 13.3. The molecule has 2 aromatic rings. The first-order valence-electron chi connectivity index (χ1n) is 12.3. The zero-order valence-electron chi connectivity index (χ0n) is 21.4. The summed E-state index contributed by atoms with van der Waals surface area (Å²) in [4.78, 5) is 27.8. The maximum Gasteiger partial charge on any atom is 0.242 e. The zero-order valence-corrected chi connectivity index (χ0v) is 22.2. The minimum Gasteiger partial charge on any atom is -0.354 e. The molecule has 0 saturated heterocycles. The van der Waals surface area contributed by atoms with Gasteiger partial charge in [0.15, 0.2) is 0 Å². The molecule has 0 spiro atoms. The maximum absolute atomic E-state index is 13.3. The van der Waals surface area contributed by atoms with Crippen LogP contribution in [-0.2, 0) is 26.0 Å². The summed E-state index contributed by atoms with van der Waals surface area (Å²) in [6, 6.07) is 16.6. The Bertz CT molecular complexity index is 1060. The highest BCUT2D eigenvalue weighted by molar-refractivity contribution is 7.92. The van der Waals surface area contributed by atoms with E-state index < -0.39 is 16.1 Å². The Morgan fingerprint density at radius 1 is 1.00 bits per heavy atom. The van der Waals surface area contributed by atoms with Crippen LogP contribution >= 0.6 is 0 Å². The normalized spacial score (nSPS) is 12.1. The van der Waals surface area contributed by atoms with Gasteiger partial charge < -0.3 is 10.2 Å². The van der Waals surface area contributed by atoms with Crippen molar-refractivity contribution in [2.24, 2.45) is 0 Å². The monoisotopic (exact) mass is 501 g/mol. The number of benzene rings is 2. The van der Waals surface area contributed by atoms with Crippen LogP contribution < -0.4 is 9.62 Å². The molecule has 0 unspecified atom stereocenters. The SMILES string of the molecule is CCCNC(=O)[C@H](CC)N(CCc1ccccc1)C(=O)CCCN(c1cccc(C)c1)S(C)(=O)=O. The average molecular weight is 502 g/mol. The van der Waals surface area contributed by atoms with Gasteiger partial charge in [-0.2, -0.15) is 0 Å². The van der Waals surface area contributed by atoms with Crippen LogP contribution in [-0.4, -0.2) is 57.1 Å². The van der Waals surface area contributed by atoms with Crippen molar-refractivity contribution < 1.29 is 18.0 Å².